The molecule has 0 aliphatic heterocycles. The lowest BCUT2D eigenvalue weighted by molar-refractivity contribution is -0.133. The van der Waals surface area contributed by atoms with Crippen molar-refractivity contribution in [1.82, 2.24) is 0 Å². The minimum Gasteiger partial charge on any atom is -0.507 e. The largest absolute Gasteiger partial charge is 0.507 e. The molecular weight excluding hydrogens is 448 g/mol. The fourth-order valence-electron chi connectivity index (χ4n) is 4.73. The maximum atomic E-state index is 12.9. The van der Waals surface area contributed by atoms with Crippen molar-refractivity contribution < 1.29 is 34.5 Å². The van der Waals surface area contributed by atoms with Gasteiger partial charge in [0, 0.05) is 17.6 Å². The van der Waals surface area contributed by atoms with Gasteiger partial charge in [-0.2, -0.15) is 0 Å². The predicted octanol–water partition coefficient (Wildman–Crippen LogP) is 6.01. The van der Waals surface area contributed by atoms with E-state index in [4.69, 9.17) is 0 Å². The van der Waals surface area contributed by atoms with E-state index in [0.717, 1.165) is 25.7 Å². The average molecular weight is 487 g/mol. The van der Waals surface area contributed by atoms with Gasteiger partial charge in [-0.15, -0.1) is 0 Å². The highest BCUT2D eigenvalue weighted by molar-refractivity contribution is 6.50. The minimum absolute atomic E-state index is 0.256. The van der Waals surface area contributed by atoms with Crippen LogP contribution in [0.3, 0.4) is 0 Å². The molecule has 7 heteroatoms. The van der Waals surface area contributed by atoms with Crippen LogP contribution in [0.5, 0.6) is 0 Å². The van der Waals surface area contributed by atoms with Crippen molar-refractivity contribution in [2.45, 2.75) is 97.8 Å². The molecule has 0 aromatic carbocycles. The van der Waals surface area contributed by atoms with E-state index in [1.54, 1.807) is 6.92 Å². The number of aliphatic hydroxyl groups excluding tert-OH is 3. The summed E-state index contributed by atoms with van der Waals surface area (Å²) in [7, 11) is 0. The van der Waals surface area contributed by atoms with Crippen LogP contribution < -0.4 is 0 Å². The van der Waals surface area contributed by atoms with Gasteiger partial charge in [0.2, 0.25) is 23.1 Å². The molecule has 0 amide bonds. The third kappa shape index (κ3) is 6.80. The Morgan fingerprint density at radius 2 is 1.17 bits per heavy atom. The van der Waals surface area contributed by atoms with E-state index in [1.807, 2.05) is 0 Å². The van der Waals surface area contributed by atoms with Gasteiger partial charge in [0.05, 0.1) is 11.1 Å². The molecule has 0 bridgehead atoms. The molecule has 2 aliphatic carbocycles. The number of aliphatic hydroxyl groups is 3. The van der Waals surface area contributed by atoms with E-state index in [0.29, 0.717) is 12.5 Å². The quantitative estimate of drug-likeness (QED) is 0.119. The Kier molecular flexibility index (Phi) is 10.7. The second-order valence-electron chi connectivity index (χ2n) is 9.52. The van der Waals surface area contributed by atoms with Crippen molar-refractivity contribution in [2.24, 2.45) is 5.92 Å². The molecule has 1 atom stereocenters. The highest BCUT2D eigenvalue weighted by Crippen LogP contribution is 2.36. The van der Waals surface area contributed by atoms with Crippen molar-refractivity contribution in [3.8, 4) is 0 Å². The monoisotopic (exact) mass is 486 g/mol. The summed E-state index contributed by atoms with van der Waals surface area (Å²) in [4.78, 5) is 49.9. The number of Topliss-reactive ketones (excluding diaryl/α,β-unsaturated/α-hetero) is 3. The molecule has 1 unspecified atom stereocenters. The Morgan fingerprint density at radius 3 is 1.71 bits per heavy atom. The summed E-state index contributed by atoms with van der Waals surface area (Å²) >= 11 is 0. The summed E-state index contributed by atoms with van der Waals surface area (Å²) in [6, 6.07) is 0. The van der Waals surface area contributed by atoms with Crippen LogP contribution in [0.1, 0.15) is 97.8 Å². The van der Waals surface area contributed by atoms with Crippen molar-refractivity contribution >= 4 is 23.1 Å². The lowest BCUT2D eigenvalue weighted by Gasteiger charge is -2.25. The Labute approximate surface area is 207 Å². The Morgan fingerprint density at radius 1 is 0.686 bits per heavy atom. The number of unbranched alkanes of at least 4 members (excludes halogenated alkanes) is 10. The van der Waals surface area contributed by atoms with Gasteiger partial charge in [-0.25, -0.2) is 0 Å². The van der Waals surface area contributed by atoms with Gasteiger partial charge in [0.15, 0.2) is 11.5 Å². The first kappa shape index (κ1) is 28.3. The SMILES string of the molecule is CCCCCCCCCCCCCC1=C(C)C(O)=C(C(C)C2=C(O)C(=O)C=C(O)C2=O)C(=O)C1=O. The second-order valence-corrected chi connectivity index (χ2v) is 9.52. The van der Waals surface area contributed by atoms with E-state index in [1.165, 1.54) is 51.9 Å². The molecule has 0 saturated carbocycles. The zero-order chi connectivity index (χ0) is 26.1. The fourth-order valence-corrected chi connectivity index (χ4v) is 4.73. The molecule has 192 valence electrons. The zero-order valence-corrected chi connectivity index (χ0v) is 21.1. The number of carbonyl (C=O) groups excluding carboxylic acids is 4. The Hall–Kier alpha value is -2.96. The number of ketones is 4. The number of hydrogen-bond donors (Lipinski definition) is 3. The zero-order valence-electron chi connectivity index (χ0n) is 21.1. The molecule has 3 N–H and O–H groups in total. The molecule has 0 aromatic rings. The highest BCUT2D eigenvalue weighted by Gasteiger charge is 2.41. The first-order valence-corrected chi connectivity index (χ1v) is 12.8. The van der Waals surface area contributed by atoms with Gasteiger partial charge in [-0.3, -0.25) is 19.2 Å². The topological polar surface area (TPSA) is 129 Å². The normalized spacial score (nSPS) is 18.1. The molecule has 2 rings (SSSR count). The second kappa shape index (κ2) is 13.2. The van der Waals surface area contributed by atoms with Crippen LogP contribution in [0.2, 0.25) is 0 Å². The number of rotatable bonds is 14. The summed E-state index contributed by atoms with van der Waals surface area (Å²) < 4.78 is 0. The standard InChI is InChI=1S/C28H38O7/c1-4-5-6-7-8-9-10-11-12-13-14-15-19-17(2)24(31)22(28(35)25(19)32)18(3)23-26(33)20(29)16-21(30)27(23)34/h16,18,29,31,34H,4-15H2,1-3H3. The molecule has 0 aromatic heterocycles. The Bertz CT molecular complexity index is 991. The molecule has 7 nitrogen and oxygen atoms in total. The molecule has 0 fully saturated rings. The minimum atomic E-state index is -1.25. The first-order chi connectivity index (χ1) is 16.6. The summed E-state index contributed by atoms with van der Waals surface area (Å²) in [6.45, 7) is 5.08. The van der Waals surface area contributed by atoms with Gasteiger partial charge in [0.1, 0.15) is 5.76 Å². The maximum Gasteiger partial charge on any atom is 0.233 e. The van der Waals surface area contributed by atoms with Crippen molar-refractivity contribution in [3.05, 3.63) is 45.6 Å². The van der Waals surface area contributed by atoms with E-state index < -0.39 is 51.9 Å². The smallest absolute Gasteiger partial charge is 0.233 e. The summed E-state index contributed by atoms with van der Waals surface area (Å²) in [5, 5.41) is 30.5. The van der Waals surface area contributed by atoms with Gasteiger partial charge >= 0.3 is 0 Å². The number of allylic oxidation sites excluding steroid dienone is 5. The highest BCUT2D eigenvalue weighted by atomic mass is 16.3. The Balaban J connectivity index is 1.99. The van der Waals surface area contributed by atoms with E-state index >= 15 is 0 Å². The molecule has 0 spiro atoms. The number of hydrogen-bond acceptors (Lipinski definition) is 7. The molecular formula is C28H38O7. The van der Waals surface area contributed by atoms with Crippen LogP contribution >= 0.6 is 0 Å². The van der Waals surface area contributed by atoms with Gasteiger partial charge in [-0.1, -0.05) is 78.1 Å². The van der Waals surface area contributed by atoms with Gasteiger partial charge < -0.3 is 15.3 Å². The summed E-state index contributed by atoms with van der Waals surface area (Å²) in [5.74, 6) is -7.17. The fraction of sp³-hybridized carbons (Fsp3) is 0.571. The average Bonchev–Trinajstić information content (AvgIpc) is 2.82. The van der Waals surface area contributed by atoms with Crippen molar-refractivity contribution in [1.29, 1.82) is 0 Å². The third-order valence-corrected chi connectivity index (χ3v) is 6.92. The predicted molar refractivity (Wildman–Crippen MR) is 133 cm³/mol. The maximum absolute atomic E-state index is 12.9. The van der Waals surface area contributed by atoms with Crippen LogP contribution in [0.15, 0.2) is 45.6 Å². The van der Waals surface area contributed by atoms with Crippen LogP contribution in [0.4, 0.5) is 0 Å². The molecule has 0 saturated heterocycles. The van der Waals surface area contributed by atoms with Crippen LogP contribution in [-0.2, 0) is 19.2 Å². The third-order valence-electron chi connectivity index (χ3n) is 6.92. The van der Waals surface area contributed by atoms with E-state index in [2.05, 4.69) is 6.92 Å². The molecule has 35 heavy (non-hydrogen) atoms. The summed E-state index contributed by atoms with van der Waals surface area (Å²) in [6.07, 6.45) is 13.7. The van der Waals surface area contributed by atoms with Crippen LogP contribution in [0.25, 0.3) is 0 Å². The van der Waals surface area contributed by atoms with Crippen molar-refractivity contribution in [3.63, 3.8) is 0 Å². The van der Waals surface area contributed by atoms with E-state index in [-0.39, 0.29) is 16.7 Å². The molecule has 2 aliphatic rings. The first-order valence-electron chi connectivity index (χ1n) is 12.8. The van der Waals surface area contributed by atoms with Gasteiger partial charge in [0.25, 0.3) is 0 Å². The molecule has 0 heterocycles. The van der Waals surface area contributed by atoms with E-state index in [9.17, 15) is 34.5 Å². The lowest BCUT2D eigenvalue weighted by Crippen LogP contribution is -2.32. The lowest BCUT2D eigenvalue weighted by atomic mass is 9.77. The number of carbonyl (C=O) groups is 4. The van der Waals surface area contributed by atoms with Crippen molar-refractivity contribution in [2.75, 3.05) is 0 Å². The summed E-state index contributed by atoms with van der Waals surface area (Å²) in [5.41, 5.74) is -0.351. The van der Waals surface area contributed by atoms with Crippen LogP contribution in [0, 0.1) is 5.92 Å². The molecule has 0 radical (unpaired) electrons. The van der Waals surface area contributed by atoms with Crippen LogP contribution in [-0.4, -0.2) is 38.5 Å². The van der Waals surface area contributed by atoms with Gasteiger partial charge in [-0.05, 0) is 25.3 Å².